The van der Waals surface area contributed by atoms with Crippen LogP contribution in [0.4, 0.5) is 4.79 Å². The summed E-state index contributed by atoms with van der Waals surface area (Å²) in [5.41, 5.74) is 3.58. The third-order valence-corrected chi connectivity index (χ3v) is 6.66. The van der Waals surface area contributed by atoms with Gasteiger partial charge >= 0.3 is 6.09 Å². The molecule has 1 aliphatic heterocycles. The third kappa shape index (κ3) is 5.12. The van der Waals surface area contributed by atoms with Gasteiger partial charge in [-0.2, -0.15) is 5.21 Å². The Morgan fingerprint density at radius 1 is 1.12 bits per heavy atom. The summed E-state index contributed by atoms with van der Waals surface area (Å²) < 4.78 is 0. The molecular weight excluding hydrogens is 416 g/mol. The maximum Gasteiger partial charge on any atom is 0.407 e. The van der Waals surface area contributed by atoms with Gasteiger partial charge in [-0.15, -0.1) is 10.2 Å². The van der Waals surface area contributed by atoms with Crippen molar-refractivity contribution in [2.24, 2.45) is 0 Å². The van der Waals surface area contributed by atoms with Gasteiger partial charge in [-0.25, -0.2) is 4.79 Å². The second-order valence-electron chi connectivity index (χ2n) is 8.87. The lowest BCUT2D eigenvalue weighted by molar-refractivity contribution is 0.0834. The van der Waals surface area contributed by atoms with Crippen molar-refractivity contribution in [1.29, 1.82) is 0 Å². The van der Waals surface area contributed by atoms with Gasteiger partial charge in [0.05, 0.1) is 0 Å². The zero-order valence-electron chi connectivity index (χ0n) is 18.4. The summed E-state index contributed by atoms with van der Waals surface area (Å²) in [6, 6.07) is 18.9. The van der Waals surface area contributed by atoms with Crippen LogP contribution in [0.15, 0.2) is 54.6 Å². The Bertz CT molecular complexity index is 1090. The number of hydrogen-bond acceptors (Lipinski definition) is 5. The molecule has 33 heavy (non-hydrogen) atoms. The van der Waals surface area contributed by atoms with Crippen molar-refractivity contribution < 1.29 is 9.90 Å². The highest BCUT2D eigenvalue weighted by molar-refractivity contribution is 5.67. The molecule has 2 aliphatic rings. The highest BCUT2D eigenvalue weighted by Crippen LogP contribution is 2.46. The van der Waals surface area contributed by atoms with Crippen LogP contribution >= 0.6 is 0 Å². The Kier molecular flexibility index (Phi) is 6.17. The molecule has 170 valence electrons. The molecule has 2 atom stereocenters. The number of H-pyrrole nitrogens is 1. The number of benzene rings is 2. The summed E-state index contributed by atoms with van der Waals surface area (Å²) >= 11 is 0. The molecule has 0 radical (unpaired) electrons. The number of aromatic amines is 1. The summed E-state index contributed by atoms with van der Waals surface area (Å²) in [7, 11) is 0. The largest absolute Gasteiger partial charge is 0.465 e. The molecule has 1 aliphatic carbocycles. The predicted octanol–water partition coefficient (Wildman–Crippen LogP) is 3.87. The first-order chi connectivity index (χ1) is 16.2. The van der Waals surface area contributed by atoms with Crippen molar-refractivity contribution in [2.45, 2.75) is 43.8 Å². The van der Waals surface area contributed by atoms with E-state index in [0.29, 0.717) is 11.7 Å². The molecule has 1 saturated carbocycles. The van der Waals surface area contributed by atoms with Crippen molar-refractivity contribution in [3.63, 3.8) is 0 Å². The average molecular weight is 445 g/mol. The summed E-state index contributed by atoms with van der Waals surface area (Å²) in [4.78, 5) is 16.3. The second-order valence-corrected chi connectivity index (χ2v) is 8.87. The normalized spacial score (nSPS) is 21.3. The molecule has 5 rings (SSSR count). The van der Waals surface area contributed by atoms with E-state index < -0.39 is 6.09 Å². The van der Waals surface area contributed by atoms with Gasteiger partial charge in [0, 0.05) is 37.6 Å². The van der Waals surface area contributed by atoms with Crippen LogP contribution in [0.25, 0.3) is 12.2 Å². The first-order valence-corrected chi connectivity index (χ1v) is 11.5. The number of nitrogens with one attached hydrogen (secondary N) is 1. The van der Waals surface area contributed by atoms with Gasteiger partial charge in [0.1, 0.15) is 0 Å². The highest BCUT2D eigenvalue weighted by Gasteiger charge is 2.47. The van der Waals surface area contributed by atoms with Crippen molar-refractivity contribution in [3.05, 3.63) is 77.1 Å². The van der Waals surface area contributed by atoms with Crippen molar-refractivity contribution in [3.8, 4) is 0 Å². The lowest BCUT2D eigenvalue weighted by Crippen LogP contribution is -2.48. The molecule has 0 spiro atoms. The quantitative estimate of drug-likeness (QED) is 0.574. The van der Waals surface area contributed by atoms with E-state index >= 15 is 0 Å². The van der Waals surface area contributed by atoms with Crippen molar-refractivity contribution in [1.82, 2.24) is 30.4 Å². The zero-order valence-corrected chi connectivity index (χ0v) is 18.4. The van der Waals surface area contributed by atoms with E-state index in [1.54, 1.807) is 4.90 Å². The van der Waals surface area contributed by atoms with E-state index in [9.17, 15) is 9.90 Å². The smallest absolute Gasteiger partial charge is 0.407 e. The Balaban J connectivity index is 1.16. The van der Waals surface area contributed by atoms with Gasteiger partial charge in [-0.1, -0.05) is 60.7 Å². The first kappa shape index (κ1) is 21.3. The number of tetrazole rings is 1. The molecule has 8 heteroatoms. The summed E-state index contributed by atoms with van der Waals surface area (Å²) in [5, 5.41) is 23.8. The lowest BCUT2D eigenvalue weighted by atomic mass is 10.0. The summed E-state index contributed by atoms with van der Waals surface area (Å²) in [5.74, 6) is 0.888. The van der Waals surface area contributed by atoms with Crippen LogP contribution in [0.2, 0.25) is 0 Å². The van der Waals surface area contributed by atoms with Crippen LogP contribution in [0.3, 0.4) is 0 Å². The second kappa shape index (κ2) is 9.54. The minimum atomic E-state index is -0.780. The fraction of sp³-hybridized carbons (Fsp3) is 0.360. The number of aromatic nitrogens is 4. The number of carbonyl (C=O) groups is 1. The molecule has 1 saturated heterocycles. The van der Waals surface area contributed by atoms with E-state index in [0.717, 1.165) is 44.5 Å². The summed E-state index contributed by atoms with van der Waals surface area (Å²) in [6.45, 7) is 2.67. The first-order valence-electron chi connectivity index (χ1n) is 11.5. The zero-order chi connectivity index (χ0) is 22.6. The topological polar surface area (TPSA) is 98.2 Å². The monoisotopic (exact) mass is 444 g/mol. The fourth-order valence-corrected chi connectivity index (χ4v) is 4.94. The van der Waals surface area contributed by atoms with Gasteiger partial charge in [-0.3, -0.25) is 4.90 Å². The maximum absolute atomic E-state index is 12.1. The van der Waals surface area contributed by atoms with E-state index in [1.165, 1.54) is 11.1 Å². The number of amides is 1. The number of likely N-dealkylation sites (tertiary alicyclic amines) is 1. The molecule has 2 heterocycles. The van der Waals surface area contributed by atoms with Gasteiger partial charge in [-0.05, 0) is 47.2 Å². The fourth-order valence-electron chi connectivity index (χ4n) is 4.94. The number of carboxylic acid groups (broad SMARTS) is 1. The lowest BCUT2D eigenvalue weighted by Gasteiger charge is -2.37. The van der Waals surface area contributed by atoms with Gasteiger partial charge in [0.25, 0.3) is 0 Å². The molecule has 2 fully saturated rings. The van der Waals surface area contributed by atoms with E-state index in [1.807, 2.05) is 30.4 Å². The SMILES string of the molecule is O=C(O)N(C1CCN(Cc2cccc(C=Cc3nn[nH]n3)c2)CC1)[C@@H]1C[C@H]1c1ccccc1. The van der Waals surface area contributed by atoms with Crippen LogP contribution in [0.5, 0.6) is 0 Å². The number of piperidine rings is 1. The van der Waals surface area contributed by atoms with E-state index in [2.05, 4.69) is 61.9 Å². The van der Waals surface area contributed by atoms with Gasteiger partial charge in [0.15, 0.2) is 5.82 Å². The number of nitrogens with zero attached hydrogens (tertiary/aromatic N) is 5. The average Bonchev–Trinajstić information content (AvgIpc) is 3.42. The Hall–Kier alpha value is -3.52. The Labute approximate surface area is 192 Å². The molecule has 2 aromatic carbocycles. The van der Waals surface area contributed by atoms with Crippen molar-refractivity contribution >= 4 is 18.2 Å². The van der Waals surface area contributed by atoms with Crippen LogP contribution < -0.4 is 0 Å². The molecule has 3 aromatic rings. The molecule has 1 aromatic heterocycles. The highest BCUT2D eigenvalue weighted by atomic mass is 16.4. The van der Waals surface area contributed by atoms with Crippen molar-refractivity contribution in [2.75, 3.05) is 13.1 Å². The van der Waals surface area contributed by atoms with Gasteiger partial charge < -0.3 is 10.0 Å². The molecule has 8 nitrogen and oxygen atoms in total. The molecular formula is C25H28N6O2. The summed E-state index contributed by atoms with van der Waals surface area (Å²) in [6.07, 6.45) is 5.71. The molecule has 2 N–H and O–H groups in total. The van der Waals surface area contributed by atoms with Crippen LogP contribution in [0, 0.1) is 0 Å². The third-order valence-electron chi connectivity index (χ3n) is 6.66. The maximum atomic E-state index is 12.1. The number of hydrogen-bond donors (Lipinski definition) is 2. The standard InChI is InChI=1S/C25H28N6O2/c32-25(33)31(23-16-22(23)20-7-2-1-3-8-20)21-11-13-30(14-12-21)17-19-6-4-5-18(15-19)9-10-24-26-28-29-27-24/h1-10,15,21-23H,11-14,16-17H2,(H,32,33)(H,26,27,28,29)/t22-,23+/m0/s1. The minimum Gasteiger partial charge on any atom is -0.465 e. The van der Waals surface area contributed by atoms with Crippen LogP contribution in [-0.2, 0) is 6.54 Å². The number of rotatable bonds is 7. The molecule has 1 amide bonds. The minimum absolute atomic E-state index is 0.0988. The predicted molar refractivity (Wildman–Crippen MR) is 125 cm³/mol. The Morgan fingerprint density at radius 2 is 1.94 bits per heavy atom. The molecule has 0 unspecified atom stereocenters. The van der Waals surface area contributed by atoms with E-state index in [-0.39, 0.29) is 12.1 Å². The van der Waals surface area contributed by atoms with E-state index in [4.69, 9.17) is 0 Å². The van der Waals surface area contributed by atoms with Crippen LogP contribution in [-0.4, -0.2) is 66.8 Å². The molecule has 0 bridgehead atoms. The van der Waals surface area contributed by atoms with Crippen LogP contribution in [0.1, 0.15) is 47.7 Å². The Morgan fingerprint density at radius 3 is 2.67 bits per heavy atom. The van der Waals surface area contributed by atoms with Gasteiger partial charge in [0.2, 0.25) is 0 Å².